The van der Waals surface area contributed by atoms with Crippen LogP contribution in [0.4, 0.5) is 18.9 Å². The molecule has 0 aliphatic carbocycles. The summed E-state index contributed by atoms with van der Waals surface area (Å²) in [5.41, 5.74) is 0.0704. The maximum absolute atomic E-state index is 12.3. The minimum atomic E-state index is -4.67. The number of hydrogen-bond acceptors (Lipinski definition) is 4. The molecule has 27 heavy (non-hydrogen) atoms. The summed E-state index contributed by atoms with van der Waals surface area (Å²) in [6.07, 6.45) is -4.67. The average molecular weight is 417 g/mol. The Kier molecular flexibility index (Phi) is 6.75. The third-order valence-electron chi connectivity index (χ3n) is 3.09. The van der Waals surface area contributed by atoms with Crippen LogP contribution in [0.1, 0.15) is 20.7 Å². The Balaban J connectivity index is 2.06. The number of alkyl halides is 3. The largest absolute Gasteiger partial charge is 0.452 e. The van der Waals surface area contributed by atoms with Crippen molar-refractivity contribution in [2.45, 2.75) is 6.18 Å². The van der Waals surface area contributed by atoms with E-state index in [2.05, 4.69) is 15.4 Å². The number of benzene rings is 2. The Bertz CT molecular complexity index is 857. The second-order valence-electron chi connectivity index (χ2n) is 5.15. The van der Waals surface area contributed by atoms with Crippen LogP contribution in [-0.4, -0.2) is 29.8 Å². The number of rotatable bonds is 4. The predicted octanol–water partition coefficient (Wildman–Crippen LogP) is 4.19. The van der Waals surface area contributed by atoms with Crippen LogP contribution >= 0.6 is 23.8 Å². The lowest BCUT2D eigenvalue weighted by Gasteiger charge is -2.12. The lowest BCUT2D eigenvalue weighted by Crippen LogP contribution is -2.35. The summed E-state index contributed by atoms with van der Waals surface area (Å²) in [7, 11) is 0. The van der Waals surface area contributed by atoms with Crippen LogP contribution in [0.15, 0.2) is 48.5 Å². The Morgan fingerprint density at radius 2 is 1.63 bits per heavy atom. The molecule has 0 heterocycles. The van der Waals surface area contributed by atoms with Gasteiger partial charge in [-0.05, 0) is 48.6 Å². The third-order valence-corrected chi connectivity index (χ3v) is 3.54. The lowest BCUT2D eigenvalue weighted by atomic mass is 10.1. The second-order valence-corrected chi connectivity index (χ2v) is 6.00. The van der Waals surface area contributed by atoms with Gasteiger partial charge in [0.05, 0.1) is 11.1 Å². The van der Waals surface area contributed by atoms with Gasteiger partial charge in [0, 0.05) is 10.7 Å². The molecule has 0 aliphatic heterocycles. The van der Waals surface area contributed by atoms with E-state index in [9.17, 15) is 22.8 Å². The fourth-order valence-electron chi connectivity index (χ4n) is 1.95. The van der Waals surface area contributed by atoms with Crippen LogP contribution < -0.4 is 10.6 Å². The Hall–Kier alpha value is -2.65. The van der Waals surface area contributed by atoms with Gasteiger partial charge in [-0.15, -0.1) is 0 Å². The van der Waals surface area contributed by atoms with Crippen molar-refractivity contribution >= 4 is 46.5 Å². The number of anilines is 1. The highest BCUT2D eigenvalue weighted by molar-refractivity contribution is 7.80. The Morgan fingerprint density at radius 3 is 2.22 bits per heavy atom. The van der Waals surface area contributed by atoms with Crippen molar-refractivity contribution in [3.8, 4) is 0 Å². The molecule has 0 saturated carbocycles. The van der Waals surface area contributed by atoms with E-state index in [1.165, 1.54) is 24.3 Å². The summed E-state index contributed by atoms with van der Waals surface area (Å²) in [5.74, 6) is -2.05. The third kappa shape index (κ3) is 6.54. The van der Waals surface area contributed by atoms with E-state index in [0.717, 1.165) is 0 Å². The summed E-state index contributed by atoms with van der Waals surface area (Å²) < 4.78 is 40.8. The fourth-order valence-corrected chi connectivity index (χ4v) is 2.29. The quantitative estimate of drug-likeness (QED) is 0.578. The maximum Gasteiger partial charge on any atom is 0.422 e. The topological polar surface area (TPSA) is 67.4 Å². The van der Waals surface area contributed by atoms with Crippen LogP contribution in [0.3, 0.4) is 0 Å². The summed E-state index contributed by atoms with van der Waals surface area (Å²) >= 11 is 10.8. The van der Waals surface area contributed by atoms with E-state index in [-0.39, 0.29) is 16.2 Å². The van der Waals surface area contributed by atoms with Crippen molar-refractivity contribution in [3.05, 3.63) is 64.7 Å². The van der Waals surface area contributed by atoms with Crippen molar-refractivity contribution in [2.24, 2.45) is 0 Å². The monoisotopic (exact) mass is 416 g/mol. The zero-order valence-corrected chi connectivity index (χ0v) is 15.0. The molecule has 0 saturated heterocycles. The van der Waals surface area contributed by atoms with E-state index < -0.39 is 24.7 Å². The highest BCUT2D eigenvalue weighted by Gasteiger charge is 2.30. The number of esters is 1. The van der Waals surface area contributed by atoms with Gasteiger partial charge in [0.15, 0.2) is 11.7 Å². The zero-order valence-electron chi connectivity index (χ0n) is 13.5. The summed E-state index contributed by atoms with van der Waals surface area (Å²) in [5, 5.41) is 5.53. The standard InChI is InChI=1S/C17H12ClF3N2O3S/c18-10-5-7-11(8-6-10)22-16(27)23-14(24)12-3-1-2-4-13(12)15(25)26-9-17(19,20)21/h1-8H,9H2,(H2,22,23,24,27). The molecule has 10 heteroatoms. The molecule has 0 aromatic heterocycles. The van der Waals surface area contributed by atoms with Crippen LogP contribution in [-0.2, 0) is 4.74 Å². The number of carbonyl (C=O) groups is 2. The SMILES string of the molecule is O=C(NC(=S)Nc1ccc(Cl)cc1)c1ccccc1C(=O)OCC(F)(F)F. The zero-order chi connectivity index (χ0) is 20.0. The summed E-state index contributed by atoms with van der Waals surface area (Å²) in [6, 6.07) is 11.8. The van der Waals surface area contributed by atoms with Crippen molar-refractivity contribution in [3.63, 3.8) is 0 Å². The van der Waals surface area contributed by atoms with Crippen molar-refractivity contribution in [1.29, 1.82) is 0 Å². The first-order valence-corrected chi connectivity index (χ1v) is 8.15. The van der Waals surface area contributed by atoms with Crippen molar-refractivity contribution < 1.29 is 27.5 Å². The number of halogens is 4. The number of amides is 1. The van der Waals surface area contributed by atoms with Gasteiger partial charge in [-0.2, -0.15) is 13.2 Å². The van der Waals surface area contributed by atoms with Gasteiger partial charge < -0.3 is 10.1 Å². The van der Waals surface area contributed by atoms with Gasteiger partial charge in [-0.25, -0.2) is 4.79 Å². The number of thiocarbonyl (C=S) groups is 1. The highest BCUT2D eigenvalue weighted by Crippen LogP contribution is 2.17. The number of nitrogens with one attached hydrogen (secondary N) is 2. The van der Waals surface area contributed by atoms with Crippen molar-refractivity contribution in [2.75, 3.05) is 11.9 Å². The number of ether oxygens (including phenoxy) is 1. The molecule has 0 unspecified atom stereocenters. The predicted molar refractivity (Wildman–Crippen MR) is 97.9 cm³/mol. The van der Waals surface area contributed by atoms with Crippen LogP contribution in [0.2, 0.25) is 5.02 Å². The van der Waals surface area contributed by atoms with Gasteiger partial charge in [0.25, 0.3) is 5.91 Å². The molecule has 2 N–H and O–H groups in total. The second kappa shape index (κ2) is 8.83. The van der Waals surface area contributed by atoms with Crippen LogP contribution in [0.25, 0.3) is 0 Å². The molecule has 142 valence electrons. The molecule has 2 rings (SSSR count). The fraction of sp³-hybridized carbons (Fsp3) is 0.118. The Morgan fingerprint density at radius 1 is 1.04 bits per heavy atom. The molecule has 0 aliphatic rings. The van der Waals surface area contributed by atoms with E-state index in [0.29, 0.717) is 10.7 Å². The van der Waals surface area contributed by atoms with Gasteiger partial charge in [-0.1, -0.05) is 23.7 Å². The molecule has 5 nitrogen and oxygen atoms in total. The molecule has 1 amide bonds. The first kappa shape index (κ1) is 20.7. The molecular weight excluding hydrogens is 405 g/mol. The molecular formula is C17H12ClF3N2O3S. The molecule has 0 bridgehead atoms. The van der Waals surface area contributed by atoms with E-state index in [1.807, 2.05) is 0 Å². The van der Waals surface area contributed by atoms with Gasteiger partial charge in [0.2, 0.25) is 0 Å². The molecule has 2 aromatic rings. The maximum atomic E-state index is 12.3. The Labute approximate surface area is 162 Å². The normalized spacial score (nSPS) is 10.8. The molecule has 0 radical (unpaired) electrons. The molecule has 2 aromatic carbocycles. The summed E-state index contributed by atoms with van der Waals surface area (Å²) in [6.45, 7) is -1.75. The first-order valence-electron chi connectivity index (χ1n) is 7.36. The molecule has 0 fully saturated rings. The minimum absolute atomic E-state index is 0.0687. The van der Waals surface area contributed by atoms with E-state index >= 15 is 0 Å². The number of hydrogen-bond donors (Lipinski definition) is 2. The average Bonchev–Trinajstić information content (AvgIpc) is 2.61. The van der Waals surface area contributed by atoms with Gasteiger partial charge in [-0.3, -0.25) is 10.1 Å². The smallest absolute Gasteiger partial charge is 0.422 e. The first-order chi connectivity index (χ1) is 12.7. The molecule has 0 spiro atoms. The molecule has 0 atom stereocenters. The number of carbonyl (C=O) groups excluding carboxylic acids is 2. The van der Waals surface area contributed by atoms with E-state index in [4.69, 9.17) is 23.8 Å². The van der Waals surface area contributed by atoms with Crippen molar-refractivity contribution in [1.82, 2.24) is 5.32 Å². The van der Waals surface area contributed by atoms with Gasteiger partial charge in [0.1, 0.15) is 0 Å². The van der Waals surface area contributed by atoms with Crippen LogP contribution in [0, 0.1) is 0 Å². The minimum Gasteiger partial charge on any atom is -0.452 e. The highest BCUT2D eigenvalue weighted by atomic mass is 35.5. The van der Waals surface area contributed by atoms with E-state index in [1.54, 1.807) is 24.3 Å². The van der Waals surface area contributed by atoms with Gasteiger partial charge >= 0.3 is 12.1 Å². The summed E-state index contributed by atoms with van der Waals surface area (Å²) in [4.78, 5) is 24.2. The lowest BCUT2D eigenvalue weighted by molar-refractivity contribution is -0.161. The van der Waals surface area contributed by atoms with Crippen LogP contribution in [0.5, 0.6) is 0 Å².